The van der Waals surface area contributed by atoms with Crippen molar-refractivity contribution in [3.8, 4) is 11.6 Å². The van der Waals surface area contributed by atoms with E-state index >= 15 is 0 Å². The van der Waals surface area contributed by atoms with E-state index in [4.69, 9.17) is 4.74 Å². The number of hydrogen-bond donors (Lipinski definition) is 2. The SMILES string of the molecule is O=C(N[C@@H]1CC(Cn2ccnc2)C[C@H]1O)c1ccnc(Oc2ccccc2)c1. The highest BCUT2D eigenvalue weighted by atomic mass is 16.5. The van der Waals surface area contributed by atoms with E-state index in [0.29, 0.717) is 29.5 Å². The second-order valence-electron chi connectivity index (χ2n) is 7.04. The maximum absolute atomic E-state index is 12.7. The number of ether oxygens (including phenoxy) is 1. The first-order valence-corrected chi connectivity index (χ1v) is 9.31. The normalized spacial score (nSPS) is 21.4. The van der Waals surface area contributed by atoms with Gasteiger partial charge in [0, 0.05) is 36.8 Å². The number of aromatic nitrogens is 3. The van der Waals surface area contributed by atoms with Crippen LogP contribution in [-0.2, 0) is 6.54 Å². The number of carbonyl (C=O) groups excluding carboxylic acids is 1. The van der Waals surface area contributed by atoms with E-state index in [-0.39, 0.29) is 11.9 Å². The summed E-state index contributed by atoms with van der Waals surface area (Å²) in [4.78, 5) is 20.9. The summed E-state index contributed by atoms with van der Waals surface area (Å²) in [6.07, 6.45) is 7.78. The van der Waals surface area contributed by atoms with Crippen LogP contribution in [0.15, 0.2) is 67.4 Å². The van der Waals surface area contributed by atoms with Crippen molar-refractivity contribution in [2.75, 3.05) is 0 Å². The van der Waals surface area contributed by atoms with E-state index in [2.05, 4.69) is 15.3 Å². The van der Waals surface area contributed by atoms with E-state index in [9.17, 15) is 9.90 Å². The molecule has 0 bridgehead atoms. The number of nitrogens with zero attached hydrogens (tertiary/aromatic N) is 3. The van der Waals surface area contributed by atoms with Crippen molar-refractivity contribution in [1.82, 2.24) is 19.9 Å². The third-order valence-corrected chi connectivity index (χ3v) is 4.93. The Morgan fingerprint density at radius 3 is 2.86 bits per heavy atom. The van der Waals surface area contributed by atoms with Crippen LogP contribution in [0.5, 0.6) is 11.6 Å². The summed E-state index contributed by atoms with van der Waals surface area (Å²) >= 11 is 0. The lowest BCUT2D eigenvalue weighted by Gasteiger charge is -2.16. The van der Waals surface area contributed by atoms with Gasteiger partial charge < -0.3 is 19.7 Å². The molecule has 1 saturated carbocycles. The average molecular weight is 378 g/mol. The minimum absolute atomic E-state index is 0.243. The van der Waals surface area contributed by atoms with Gasteiger partial charge in [-0.1, -0.05) is 18.2 Å². The highest BCUT2D eigenvalue weighted by Crippen LogP contribution is 2.28. The molecular formula is C21H22N4O3. The maximum atomic E-state index is 12.7. The quantitative estimate of drug-likeness (QED) is 0.688. The molecule has 3 atom stereocenters. The molecule has 0 saturated heterocycles. The van der Waals surface area contributed by atoms with E-state index in [1.807, 2.05) is 41.1 Å². The van der Waals surface area contributed by atoms with Crippen molar-refractivity contribution in [1.29, 1.82) is 0 Å². The smallest absolute Gasteiger partial charge is 0.251 e. The fourth-order valence-electron chi connectivity index (χ4n) is 3.58. The maximum Gasteiger partial charge on any atom is 0.251 e. The summed E-state index contributed by atoms with van der Waals surface area (Å²) in [6.45, 7) is 0.785. The number of pyridine rings is 1. The number of rotatable bonds is 6. The van der Waals surface area contributed by atoms with Gasteiger partial charge in [-0.3, -0.25) is 4.79 Å². The molecule has 7 nitrogen and oxygen atoms in total. The largest absolute Gasteiger partial charge is 0.439 e. The van der Waals surface area contributed by atoms with Gasteiger partial charge in [-0.15, -0.1) is 0 Å². The topological polar surface area (TPSA) is 89.3 Å². The van der Waals surface area contributed by atoms with Crippen molar-refractivity contribution in [3.63, 3.8) is 0 Å². The number of aliphatic hydroxyl groups is 1. The number of benzene rings is 1. The van der Waals surface area contributed by atoms with E-state index < -0.39 is 6.10 Å². The second kappa shape index (κ2) is 8.22. The molecule has 1 aliphatic rings. The van der Waals surface area contributed by atoms with Crippen LogP contribution < -0.4 is 10.1 Å². The van der Waals surface area contributed by atoms with Crippen molar-refractivity contribution in [2.24, 2.45) is 5.92 Å². The third kappa shape index (κ3) is 4.37. The number of hydrogen-bond acceptors (Lipinski definition) is 5. The van der Waals surface area contributed by atoms with Gasteiger partial charge in [-0.2, -0.15) is 0 Å². The van der Waals surface area contributed by atoms with Crippen LogP contribution in [0.25, 0.3) is 0 Å². The van der Waals surface area contributed by atoms with Crippen LogP contribution in [0.3, 0.4) is 0 Å². The summed E-state index contributed by atoms with van der Waals surface area (Å²) in [5.41, 5.74) is 0.450. The van der Waals surface area contributed by atoms with Crippen molar-refractivity contribution in [2.45, 2.75) is 31.5 Å². The van der Waals surface area contributed by atoms with Crippen LogP contribution in [0, 0.1) is 5.92 Å². The molecule has 1 aliphatic carbocycles. The number of imidazole rings is 1. The Kier molecular flexibility index (Phi) is 5.34. The van der Waals surface area contributed by atoms with Gasteiger partial charge in [0.25, 0.3) is 5.91 Å². The zero-order chi connectivity index (χ0) is 19.3. The van der Waals surface area contributed by atoms with Crippen LogP contribution in [0.2, 0.25) is 0 Å². The van der Waals surface area contributed by atoms with Crippen LogP contribution >= 0.6 is 0 Å². The molecule has 3 aromatic rings. The molecule has 1 unspecified atom stereocenters. The molecule has 2 heterocycles. The van der Waals surface area contributed by atoms with Gasteiger partial charge in [0.1, 0.15) is 5.75 Å². The molecule has 144 valence electrons. The highest BCUT2D eigenvalue weighted by Gasteiger charge is 2.34. The summed E-state index contributed by atoms with van der Waals surface area (Å²) in [6, 6.07) is 12.3. The lowest BCUT2D eigenvalue weighted by molar-refractivity contribution is 0.0872. The van der Waals surface area contributed by atoms with Gasteiger partial charge in [-0.05, 0) is 37.0 Å². The lowest BCUT2D eigenvalue weighted by atomic mass is 10.1. The number of aliphatic hydroxyl groups excluding tert-OH is 1. The Bertz CT molecular complexity index is 914. The van der Waals surface area contributed by atoms with E-state index in [1.165, 1.54) is 0 Å². The third-order valence-electron chi connectivity index (χ3n) is 4.93. The van der Waals surface area contributed by atoms with Crippen LogP contribution in [-0.4, -0.2) is 37.7 Å². The summed E-state index contributed by atoms with van der Waals surface area (Å²) in [5.74, 6) is 1.06. The zero-order valence-corrected chi connectivity index (χ0v) is 15.3. The number of amides is 1. The molecule has 0 radical (unpaired) electrons. The van der Waals surface area contributed by atoms with Crippen molar-refractivity contribution >= 4 is 5.91 Å². The lowest BCUT2D eigenvalue weighted by Crippen LogP contribution is -2.39. The first-order chi connectivity index (χ1) is 13.7. The zero-order valence-electron chi connectivity index (χ0n) is 15.3. The molecule has 28 heavy (non-hydrogen) atoms. The Hall–Kier alpha value is -3.19. The Balaban J connectivity index is 1.37. The molecule has 1 fully saturated rings. The van der Waals surface area contributed by atoms with Gasteiger partial charge in [0.15, 0.2) is 0 Å². The van der Waals surface area contributed by atoms with E-state index in [0.717, 1.165) is 13.0 Å². The monoisotopic (exact) mass is 378 g/mol. The van der Waals surface area contributed by atoms with Crippen molar-refractivity contribution < 1.29 is 14.6 Å². The summed E-state index contributed by atoms with van der Waals surface area (Å²) < 4.78 is 7.68. The standard InChI is InChI=1S/C21H22N4O3/c26-19-11-15(13-25-9-8-22-14-25)10-18(19)24-21(27)16-6-7-23-20(12-16)28-17-4-2-1-3-5-17/h1-9,12,14-15,18-19,26H,10-11,13H2,(H,24,27)/t15?,18-,19-/m1/s1. The Morgan fingerprint density at radius 1 is 1.21 bits per heavy atom. The number of nitrogens with one attached hydrogen (secondary N) is 1. The summed E-state index contributed by atoms with van der Waals surface area (Å²) in [7, 11) is 0. The van der Waals surface area contributed by atoms with Crippen LogP contribution in [0.1, 0.15) is 23.2 Å². The minimum atomic E-state index is -0.556. The first kappa shape index (κ1) is 18.2. The van der Waals surface area contributed by atoms with Gasteiger partial charge >= 0.3 is 0 Å². The molecule has 2 aromatic heterocycles. The highest BCUT2D eigenvalue weighted by molar-refractivity contribution is 5.94. The molecule has 7 heteroatoms. The molecule has 1 amide bonds. The van der Waals surface area contributed by atoms with Gasteiger partial charge in [0.05, 0.1) is 18.5 Å². The molecule has 0 spiro atoms. The Labute approximate surface area is 163 Å². The fourth-order valence-corrected chi connectivity index (χ4v) is 3.58. The van der Waals surface area contributed by atoms with Crippen molar-refractivity contribution in [3.05, 3.63) is 72.9 Å². The van der Waals surface area contributed by atoms with Crippen LogP contribution in [0.4, 0.5) is 0 Å². The first-order valence-electron chi connectivity index (χ1n) is 9.31. The van der Waals surface area contributed by atoms with Gasteiger partial charge in [-0.25, -0.2) is 9.97 Å². The fraction of sp³-hybridized carbons (Fsp3) is 0.286. The van der Waals surface area contributed by atoms with E-state index in [1.54, 1.807) is 30.9 Å². The molecule has 0 aliphatic heterocycles. The Morgan fingerprint density at radius 2 is 2.07 bits per heavy atom. The molecule has 4 rings (SSSR count). The second-order valence-corrected chi connectivity index (χ2v) is 7.04. The molecule has 2 N–H and O–H groups in total. The molecular weight excluding hydrogens is 356 g/mol. The predicted molar refractivity (Wildman–Crippen MR) is 103 cm³/mol. The predicted octanol–water partition coefficient (Wildman–Crippen LogP) is 2.64. The summed E-state index contributed by atoms with van der Waals surface area (Å²) in [5, 5.41) is 13.3. The number of carbonyl (C=O) groups is 1. The minimum Gasteiger partial charge on any atom is -0.439 e. The molecule has 1 aromatic carbocycles. The van der Waals surface area contributed by atoms with Gasteiger partial charge in [0.2, 0.25) is 5.88 Å². The number of para-hydroxylation sites is 1. The average Bonchev–Trinajstić information content (AvgIpc) is 3.33.